The van der Waals surface area contributed by atoms with Crippen molar-refractivity contribution in [1.29, 1.82) is 0 Å². The maximum atomic E-state index is 12.3. The number of halogens is 1. The van der Waals surface area contributed by atoms with E-state index in [4.69, 9.17) is 20.2 Å². The average molecular weight is 336 g/mol. The summed E-state index contributed by atoms with van der Waals surface area (Å²) in [6.07, 6.45) is 0. The Hall–Kier alpha value is -1.47. The highest BCUT2D eigenvalue weighted by molar-refractivity contribution is 8.13. The van der Waals surface area contributed by atoms with Gasteiger partial charge in [-0.1, -0.05) is 0 Å². The van der Waals surface area contributed by atoms with Gasteiger partial charge in [-0.3, -0.25) is 4.79 Å². The van der Waals surface area contributed by atoms with E-state index in [0.717, 1.165) is 0 Å². The lowest BCUT2D eigenvalue weighted by Crippen LogP contribution is -2.30. The molecule has 0 aliphatic carbocycles. The lowest BCUT2D eigenvalue weighted by Gasteiger charge is -2.20. The molecule has 0 unspecified atom stereocenters. The van der Waals surface area contributed by atoms with Gasteiger partial charge in [0, 0.05) is 29.3 Å². The van der Waals surface area contributed by atoms with Crippen LogP contribution in [0.2, 0.25) is 0 Å². The largest absolute Gasteiger partial charge is 0.493 e. The summed E-state index contributed by atoms with van der Waals surface area (Å²) in [5, 5.41) is 0. The zero-order valence-electron chi connectivity index (χ0n) is 12.3. The highest BCUT2D eigenvalue weighted by atomic mass is 35.7. The van der Waals surface area contributed by atoms with Crippen LogP contribution < -0.4 is 9.47 Å². The fourth-order valence-electron chi connectivity index (χ4n) is 1.93. The van der Waals surface area contributed by atoms with Crippen molar-refractivity contribution in [1.82, 2.24) is 4.90 Å². The van der Waals surface area contributed by atoms with Crippen molar-refractivity contribution in [2.24, 2.45) is 0 Å². The number of hydrogen-bond acceptors (Lipinski definition) is 5. The molecule has 0 spiro atoms. The van der Waals surface area contributed by atoms with E-state index in [1.807, 2.05) is 13.8 Å². The molecule has 0 bridgehead atoms. The number of methoxy groups -OCH3 is 2. The van der Waals surface area contributed by atoms with Crippen molar-refractivity contribution in [3.63, 3.8) is 0 Å². The molecule has 0 saturated heterocycles. The predicted octanol–water partition coefficient (Wildman–Crippen LogP) is 2.11. The lowest BCUT2D eigenvalue weighted by molar-refractivity contribution is 0.0772. The molecule has 1 rings (SSSR count). The molecule has 0 aliphatic rings. The van der Waals surface area contributed by atoms with Crippen LogP contribution in [0.15, 0.2) is 17.0 Å². The van der Waals surface area contributed by atoms with Gasteiger partial charge in [-0.2, -0.15) is 0 Å². The van der Waals surface area contributed by atoms with Gasteiger partial charge in [0.05, 0.1) is 14.2 Å². The molecule has 1 aromatic carbocycles. The van der Waals surface area contributed by atoms with Crippen LogP contribution in [0.5, 0.6) is 11.5 Å². The van der Waals surface area contributed by atoms with Gasteiger partial charge < -0.3 is 14.4 Å². The summed E-state index contributed by atoms with van der Waals surface area (Å²) >= 11 is 0. The Morgan fingerprint density at radius 2 is 1.76 bits per heavy atom. The molecule has 0 atom stereocenters. The van der Waals surface area contributed by atoms with E-state index >= 15 is 0 Å². The second kappa shape index (κ2) is 7.00. The Balaban J connectivity index is 3.54. The molecule has 0 heterocycles. The van der Waals surface area contributed by atoms with Gasteiger partial charge >= 0.3 is 0 Å². The molecule has 0 saturated carbocycles. The molecule has 0 radical (unpaired) electrons. The van der Waals surface area contributed by atoms with Gasteiger partial charge in [0.15, 0.2) is 11.5 Å². The van der Waals surface area contributed by atoms with Crippen molar-refractivity contribution < 1.29 is 22.7 Å². The smallest absolute Gasteiger partial charge is 0.265 e. The fraction of sp³-hybridized carbons (Fsp3) is 0.462. The summed E-state index contributed by atoms with van der Waals surface area (Å²) in [5.74, 6) is -0.194. The van der Waals surface area contributed by atoms with Gasteiger partial charge in [-0.05, 0) is 26.0 Å². The van der Waals surface area contributed by atoms with Crippen LogP contribution in [0.3, 0.4) is 0 Å². The maximum absolute atomic E-state index is 12.3. The summed E-state index contributed by atoms with van der Waals surface area (Å²) in [7, 11) is 3.99. The molecule has 0 fully saturated rings. The highest BCUT2D eigenvalue weighted by Gasteiger charge is 2.25. The number of benzene rings is 1. The molecule has 8 heteroatoms. The van der Waals surface area contributed by atoms with Gasteiger partial charge in [0.1, 0.15) is 4.90 Å². The molecule has 6 nitrogen and oxygen atoms in total. The second-order valence-corrected chi connectivity index (χ2v) is 6.66. The predicted molar refractivity (Wildman–Crippen MR) is 79.8 cm³/mol. The Labute approximate surface area is 129 Å². The number of hydrogen-bond donors (Lipinski definition) is 0. The number of carbonyl (C=O) groups excluding carboxylic acids is 1. The van der Waals surface area contributed by atoms with Crippen molar-refractivity contribution in [2.45, 2.75) is 18.7 Å². The van der Waals surface area contributed by atoms with E-state index in [1.54, 1.807) is 4.90 Å². The first-order valence-electron chi connectivity index (χ1n) is 6.30. The Morgan fingerprint density at radius 1 is 1.19 bits per heavy atom. The maximum Gasteiger partial charge on any atom is 0.265 e. The molecule has 1 aromatic rings. The topological polar surface area (TPSA) is 72.9 Å². The third-order valence-electron chi connectivity index (χ3n) is 3.01. The first kappa shape index (κ1) is 17.6. The molecule has 0 aromatic heterocycles. The Bertz CT molecular complexity index is 626. The molecule has 1 amide bonds. The van der Waals surface area contributed by atoms with E-state index in [9.17, 15) is 13.2 Å². The van der Waals surface area contributed by atoms with E-state index in [-0.39, 0.29) is 27.9 Å². The zero-order valence-corrected chi connectivity index (χ0v) is 13.9. The number of carbonyl (C=O) groups is 1. The summed E-state index contributed by atoms with van der Waals surface area (Å²) in [4.78, 5) is 13.6. The monoisotopic (exact) mass is 335 g/mol. The number of rotatable bonds is 6. The van der Waals surface area contributed by atoms with Crippen LogP contribution in [-0.2, 0) is 9.05 Å². The van der Waals surface area contributed by atoms with Crippen molar-refractivity contribution in [2.75, 3.05) is 27.3 Å². The van der Waals surface area contributed by atoms with E-state index in [2.05, 4.69) is 0 Å². The Morgan fingerprint density at radius 3 is 2.14 bits per heavy atom. The molecular formula is C13H18ClNO5S. The van der Waals surface area contributed by atoms with Gasteiger partial charge in [0.2, 0.25) is 0 Å². The first-order valence-corrected chi connectivity index (χ1v) is 8.60. The zero-order chi connectivity index (χ0) is 16.2. The molecule has 0 aliphatic heterocycles. The molecule has 0 N–H and O–H groups in total. The third kappa shape index (κ3) is 3.79. The standard InChI is InChI=1S/C13H18ClNO5S/c1-5-15(6-2)13(16)9-7-10(19-3)12(20-4)11(8-9)21(14,17)18/h7-8H,5-6H2,1-4H3. The van der Waals surface area contributed by atoms with Crippen LogP contribution in [0, 0.1) is 0 Å². The molecular weight excluding hydrogens is 318 g/mol. The van der Waals surface area contributed by atoms with Gasteiger partial charge in [-0.25, -0.2) is 8.42 Å². The van der Waals surface area contributed by atoms with Crippen molar-refractivity contribution in [3.8, 4) is 11.5 Å². The minimum absolute atomic E-state index is 0.0244. The third-order valence-corrected chi connectivity index (χ3v) is 4.33. The first-order chi connectivity index (χ1) is 9.79. The minimum Gasteiger partial charge on any atom is -0.493 e. The van der Waals surface area contributed by atoms with Crippen LogP contribution in [0.25, 0.3) is 0 Å². The summed E-state index contributed by atoms with van der Waals surface area (Å²) < 4.78 is 33.5. The fourth-order valence-corrected chi connectivity index (χ4v) is 2.94. The normalized spacial score (nSPS) is 11.1. The van der Waals surface area contributed by atoms with Crippen LogP contribution in [-0.4, -0.2) is 46.5 Å². The number of ether oxygens (including phenoxy) is 2. The Kier molecular flexibility index (Phi) is 5.86. The van der Waals surface area contributed by atoms with Gasteiger partial charge in [0.25, 0.3) is 15.0 Å². The van der Waals surface area contributed by atoms with E-state index in [0.29, 0.717) is 13.1 Å². The number of nitrogens with zero attached hydrogens (tertiary/aromatic N) is 1. The summed E-state index contributed by atoms with van der Waals surface area (Å²) in [6.45, 7) is 4.68. The molecule has 21 heavy (non-hydrogen) atoms. The highest BCUT2D eigenvalue weighted by Crippen LogP contribution is 2.37. The van der Waals surface area contributed by atoms with Gasteiger partial charge in [-0.15, -0.1) is 0 Å². The average Bonchev–Trinajstić information content (AvgIpc) is 2.45. The number of amides is 1. The minimum atomic E-state index is -4.08. The molecule has 118 valence electrons. The van der Waals surface area contributed by atoms with Crippen LogP contribution >= 0.6 is 10.7 Å². The summed E-state index contributed by atoms with van der Waals surface area (Å²) in [5.41, 5.74) is 0.176. The van der Waals surface area contributed by atoms with Crippen molar-refractivity contribution >= 4 is 25.6 Å². The van der Waals surface area contributed by atoms with E-state index < -0.39 is 9.05 Å². The second-order valence-electron chi connectivity index (χ2n) is 4.13. The van der Waals surface area contributed by atoms with Crippen LogP contribution in [0.1, 0.15) is 24.2 Å². The quantitative estimate of drug-likeness (QED) is 0.744. The van der Waals surface area contributed by atoms with Crippen molar-refractivity contribution in [3.05, 3.63) is 17.7 Å². The lowest BCUT2D eigenvalue weighted by atomic mass is 10.1. The SMILES string of the molecule is CCN(CC)C(=O)c1cc(OC)c(OC)c(S(=O)(=O)Cl)c1. The van der Waals surface area contributed by atoms with Crippen LogP contribution in [0.4, 0.5) is 0 Å². The van der Waals surface area contributed by atoms with E-state index in [1.165, 1.54) is 26.4 Å². The summed E-state index contributed by atoms with van der Waals surface area (Å²) in [6, 6.07) is 2.63.